The van der Waals surface area contributed by atoms with E-state index in [9.17, 15) is 15.0 Å². The summed E-state index contributed by atoms with van der Waals surface area (Å²) in [7, 11) is 0. The molecule has 0 aromatic heterocycles. The van der Waals surface area contributed by atoms with Crippen LogP contribution in [-0.4, -0.2) is 47.5 Å². The monoisotopic (exact) mass is 450 g/mol. The maximum absolute atomic E-state index is 12.6. The number of hydrogen-bond donors (Lipinski definition) is 2. The highest BCUT2D eigenvalue weighted by molar-refractivity contribution is 5.84. The van der Waals surface area contributed by atoms with E-state index in [1.54, 1.807) is 0 Å². The minimum atomic E-state index is -1.16. The molecule has 33 heavy (non-hydrogen) atoms. The molecule has 0 aliphatic heterocycles. The first kappa shape index (κ1) is 24.8. The van der Waals surface area contributed by atoms with Gasteiger partial charge in [-0.2, -0.15) is 0 Å². The summed E-state index contributed by atoms with van der Waals surface area (Å²) in [6.07, 6.45) is -3.33. The summed E-state index contributed by atoms with van der Waals surface area (Å²) in [6, 6.07) is 28.4. The Morgan fingerprint density at radius 3 is 1.64 bits per heavy atom. The summed E-state index contributed by atoms with van der Waals surface area (Å²) in [4.78, 5) is 12.6. The second-order valence-electron chi connectivity index (χ2n) is 7.67. The van der Waals surface area contributed by atoms with Gasteiger partial charge in [0.15, 0.2) is 5.78 Å². The van der Waals surface area contributed by atoms with E-state index in [-0.39, 0.29) is 19.8 Å². The average molecular weight is 451 g/mol. The third-order valence-electron chi connectivity index (χ3n) is 5.11. The molecular weight excluding hydrogens is 420 g/mol. The lowest BCUT2D eigenvalue weighted by Gasteiger charge is -2.30. The lowest BCUT2D eigenvalue weighted by Crippen LogP contribution is -2.48. The van der Waals surface area contributed by atoms with Crippen LogP contribution in [0.5, 0.6) is 0 Å². The van der Waals surface area contributed by atoms with Crippen LogP contribution in [0.1, 0.15) is 16.7 Å². The Kier molecular flexibility index (Phi) is 10.2. The van der Waals surface area contributed by atoms with E-state index in [0.717, 1.165) is 16.7 Å². The summed E-state index contributed by atoms with van der Waals surface area (Å²) in [5.41, 5.74) is 2.72. The number of rotatable bonds is 14. The van der Waals surface area contributed by atoms with Gasteiger partial charge in [-0.3, -0.25) is 4.79 Å². The van der Waals surface area contributed by atoms with Crippen molar-refractivity contribution >= 4 is 5.78 Å². The second-order valence-corrected chi connectivity index (χ2v) is 7.67. The zero-order valence-electron chi connectivity index (χ0n) is 18.5. The van der Waals surface area contributed by atoms with Gasteiger partial charge in [0.05, 0.1) is 26.4 Å². The fraction of sp³-hybridized carbons (Fsp3) is 0.296. The van der Waals surface area contributed by atoms with Crippen LogP contribution >= 0.6 is 0 Å². The molecule has 174 valence electrons. The number of aliphatic hydroxyl groups excluding tert-OH is 2. The Labute approximate surface area is 194 Å². The van der Waals surface area contributed by atoms with Gasteiger partial charge in [0, 0.05) is 0 Å². The summed E-state index contributed by atoms with van der Waals surface area (Å²) in [5.74, 6) is -0.564. The highest BCUT2D eigenvalue weighted by atomic mass is 16.6. The van der Waals surface area contributed by atoms with Crippen LogP contribution in [0.15, 0.2) is 91.0 Å². The molecule has 6 nitrogen and oxygen atoms in total. The maximum atomic E-state index is 12.6. The van der Waals surface area contributed by atoms with Gasteiger partial charge < -0.3 is 24.4 Å². The van der Waals surface area contributed by atoms with Crippen LogP contribution in [0.4, 0.5) is 0 Å². The van der Waals surface area contributed by atoms with Gasteiger partial charge in [0.25, 0.3) is 0 Å². The van der Waals surface area contributed by atoms with E-state index in [0.29, 0.717) is 6.61 Å². The molecule has 3 rings (SSSR count). The van der Waals surface area contributed by atoms with Crippen LogP contribution in [0.3, 0.4) is 0 Å². The van der Waals surface area contributed by atoms with Crippen molar-refractivity contribution in [2.24, 2.45) is 0 Å². The molecule has 0 saturated carbocycles. The number of benzene rings is 3. The first-order chi connectivity index (χ1) is 16.2. The number of ketones is 1. The molecular formula is C27H30O6. The third kappa shape index (κ3) is 8.20. The number of hydrogen-bond acceptors (Lipinski definition) is 6. The Balaban J connectivity index is 1.70. The quantitative estimate of drug-likeness (QED) is 0.392. The zero-order valence-corrected chi connectivity index (χ0v) is 18.5. The smallest absolute Gasteiger partial charge is 0.189 e. The molecule has 0 bridgehead atoms. The van der Waals surface area contributed by atoms with Crippen molar-refractivity contribution in [3.8, 4) is 0 Å². The summed E-state index contributed by atoms with van der Waals surface area (Å²) >= 11 is 0. The number of aliphatic hydroxyl groups is 2. The van der Waals surface area contributed by atoms with Gasteiger partial charge >= 0.3 is 0 Å². The van der Waals surface area contributed by atoms with Crippen molar-refractivity contribution in [3.05, 3.63) is 108 Å². The van der Waals surface area contributed by atoms with E-state index < -0.39 is 30.7 Å². The van der Waals surface area contributed by atoms with Gasteiger partial charge in [-0.1, -0.05) is 91.0 Å². The lowest BCUT2D eigenvalue weighted by atomic mass is 10.0. The standard InChI is InChI=1S/C27H30O6/c28-16-24(29)26(32-18-22-12-6-2-7-13-22)27(33-19-23-14-8-3-9-15-23)25(30)20-31-17-21-10-4-1-5-11-21/h1-15,25-28,30H,16-20H2/t25-,26-,27-/m1/s1. The van der Waals surface area contributed by atoms with Crippen LogP contribution in [0.25, 0.3) is 0 Å². The van der Waals surface area contributed by atoms with Crippen molar-refractivity contribution in [1.82, 2.24) is 0 Å². The van der Waals surface area contributed by atoms with Gasteiger partial charge in [-0.05, 0) is 16.7 Å². The van der Waals surface area contributed by atoms with Gasteiger partial charge in [-0.25, -0.2) is 0 Å². The Morgan fingerprint density at radius 2 is 1.15 bits per heavy atom. The third-order valence-corrected chi connectivity index (χ3v) is 5.11. The average Bonchev–Trinajstić information content (AvgIpc) is 2.87. The summed E-state index contributed by atoms with van der Waals surface area (Å²) < 4.78 is 17.5. The summed E-state index contributed by atoms with van der Waals surface area (Å²) in [5, 5.41) is 20.5. The van der Waals surface area contributed by atoms with Crippen molar-refractivity contribution < 1.29 is 29.2 Å². The summed E-state index contributed by atoms with van der Waals surface area (Å²) in [6.45, 7) is -0.154. The molecule has 0 heterocycles. The van der Waals surface area contributed by atoms with Gasteiger partial charge in [-0.15, -0.1) is 0 Å². The Morgan fingerprint density at radius 1 is 0.697 bits per heavy atom. The van der Waals surface area contributed by atoms with Crippen molar-refractivity contribution in [1.29, 1.82) is 0 Å². The predicted octanol–water partition coefficient (Wildman–Crippen LogP) is 3.30. The lowest BCUT2D eigenvalue weighted by molar-refractivity contribution is -0.167. The highest BCUT2D eigenvalue weighted by Crippen LogP contribution is 2.17. The molecule has 3 aromatic rings. The second kappa shape index (κ2) is 13.6. The Bertz CT molecular complexity index is 933. The van der Waals surface area contributed by atoms with E-state index >= 15 is 0 Å². The number of carbonyl (C=O) groups is 1. The molecule has 0 spiro atoms. The molecule has 0 aliphatic carbocycles. The van der Waals surface area contributed by atoms with Crippen LogP contribution in [0, 0.1) is 0 Å². The molecule has 2 N–H and O–H groups in total. The maximum Gasteiger partial charge on any atom is 0.189 e. The first-order valence-corrected chi connectivity index (χ1v) is 10.9. The van der Waals surface area contributed by atoms with E-state index in [1.807, 2.05) is 91.0 Å². The SMILES string of the molecule is O=C(CO)[C@@H](OCc1ccccc1)[C@H](OCc1ccccc1)[C@H](O)COCc1ccccc1. The Hall–Kier alpha value is -2.87. The molecule has 0 saturated heterocycles. The van der Waals surface area contributed by atoms with Gasteiger partial charge in [0.1, 0.15) is 24.9 Å². The molecule has 3 aromatic carbocycles. The zero-order chi connectivity index (χ0) is 23.3. The highest BCUT2D eigenvalue weighted by Gasteiger charge is 2.35. The minimum absolute atomic E-state index is 0.0573. The van der Waals surface area contributed by atoms with E-state index in [1.165, 1.54) is 0 Å². The van der Waals surface area contributed by atoms with Crippen LogP contribution in [-0.2, 0) is 38.8 Å². The van der Waals surface area contributed by atoms with E-state index in [2.05, 4.69) is 0 Å². The predicted molar refractivity (Wildman–Crippen MR) is 124 cm³/mol. The molecule has 0 fully saturated rings. The fourth-order valence-electron chi connectivity index (χ4n) is 3.35. The molecule has 0 radical (unpaired) electrons. The largest absolute Gasteiger partial charge is 0.388 e. The number of carbonyl (C=O) groups excluding carboxylic acids is 1. The minimum Gasteiger partial charge on any atom is -0.388 e. The van der Waals surface area contributed by atoms with E-state index in [4.69, 9.17) is 14.2 Å². The topological polar surface area (TPSA) is 85.2 Å². The number of Topliss-reactive ketones (excluding diaryl/α,β-unsaturated/α-hetero) is 1. The molecule has 0 amide bonds. The van der Waals surface area contributed by atoms with Crippen molar-refractivity contribution in [3.63, 3.8) is 0 Å². The van der Waals surface area contributed by atoms with Crippen LogP contribution in [0.2, 0.25) is 0 Å². The van der Waals surface area contributed by atoms with Crippen molar-refractivity contribution in [2.75, 3.05) is 13.2 Å². The van der Waals surface area contributed by atoms with Crippen molar-refractivity contribution in [2.45, 2.75) is 38.1 Å². The normalized spacial score (nSPS) is 13.9. The number of ether oxygens (including phenoxy) is 3. The van der Waals surface area contributed by atoms with Crippen LogP contribution < -0.4 is 0 Å². The van der Waals surface area contributed by atoms with Gasteiger partial charge in [0.2, 0.25) is 0 Å². The fourth-order valence-corrected chi connectivity index (χ4v) is 3.35. The molecule has 6 heteroatoms. The molecule has 3 atom stereocenters. The molecule has 0 aliphatic rings. The first-order valence-electron chi connectivity index (χ1n) is 10.9. The molecule has 0 unspecified atom stereocenters.